The molecule has 0 aliphatic carbocycles. The smallest absolute Gasteiger partial charge is 0.216 e. The monoisotopic (exact) mass is 352 g/mol. The number of hydrogen-bond acceptors (Lipinski definition) is 6. The van der Waals surface area contributed by atoms with Crippen molar-refractivity contribution in [2.24, 2.45) is 7.05 Å². The van der Waals surface area contributed by atoms with E-state index in [1.54, 1.807) is 24.2 Å². The van der Waals surface area contributed by atoms with E-state index in [4.69, 9.17) is 9.72 Å². The van der Waals surface area contributed by atoms with Crippen LogP contribution >= 0.6 is 0 Å². The SMILES string of the molecule is CCc1nn(C)c(OC)c1CNc1nc(-c2ccncc2)nc(C)c1C. The number of nitrogens with zero attached hydrogens (tertiary/aromatic N) is 5. The van der Waals surface area contributed by atoms with Crippen molar-refractivity contribution in [1.29, 1.82) is 0 Å². The Kier molecular flexibility index (Phi) is 5.16. The summed E-state index contributed by atoms with van der Waals surface area (Å²) in [5.41, 5.74) is 5.00. The molecular formula is C19H24N6O. The number of ether oxygens (including phenoxy) is 1. The van der Waals surface area contributed by atoms with Gasteiger partial charge in [0.2, 0.25) is 5.88 Å². The summed E-state index contributed by atoms with van der Waals surface area (Å²) in [5.74, 6) is 2.27. The Bertz CT molecular complexity index is 904. The van der Waals surface area contributed by atoms with Gasteiger partial charge in [0.15, 0.2) is 5.82 Å². The molecule has 136 valence electrons. The number of pyridine rings is 1. The first kappa shape index (κ1) is 17.8. The van der Waals surface area contributed by atoms with Crippen LogP contribution in [0.5, 0.6) is 5.88 Å². The number of nitrogens with one attached hydrogen (secondary N) is 1. The molecule has 7 heteroatoms. The summed E-state index contributed by atoms with van der Waals surface area (Å²) in [4.78, 5) is 13.4. The molecule has 0 saturated carbocycles. The Morgan fingerprint density at radius 2 is 1.88 bits per heavy atom. The van der Waals surface area contributed by atoms with E-state index in [-0.39, 0.29) is 0 Å². The van der Waals surface area contributed by atoms with Crippen LogP contribution in [0.25, 0.3) is 11.4 Å². The van der Waals surface area contributed by atoms with Gasteiger partial charge in [-0.05, 0) is 32.4 Å². The molecule has 0 amide bonds. The Morgan fingerprint density at radius 3 is 2.54 bits per heavy atom. The van der Waals surface area contributed by atoms with E-state index in [1.165, 1.54) is 0 Å². The zero-order valence-corrected chi connectivity index (χ0v) is 15.9. The van der Waals surface area contributed by atoms with Crippen molar-refractivity contribution in [1.82, 2.24) is 24.7 Å². The molecule has 1 N–H and O–H groups in total. The Labute approximate surface area is 153 Å². The minimum atomic E-state index is 0.591. The molecule has 0 unspecified atom stereocenters. The minimum absolute atomic E-state index is 0.591. The number of methoxy groups -OCH3 is 1. The highest BCUT2D eigenvalue weighted by atomic mass is 16.5. The van der Waals surface area contributed by atoms with Crippen LogP contribution in [0, 0.1) is 13.8 Å². The van der Waals surface area contributed by atoms with Crippen LogP contribution < -0.4 is 10.1 Å². The summed E-state index contributed by atoms with van der Waals surface area (Å²) in [7, 11) is 3.56. The molecule has 0 aromatic carbocycles. The van der Waals surface area contributed by atoms with Gasteiger partial charge in [-0.2, -0.15) is 5.10 Å². The normalized spacial score (nSPS) is 10.8. The van der Waals surface area contributed by atoms with Crippen LogP contribution in [0.15, 0.2) is 24.5 Å². The number of aromatic nitrogens is 5. The highest BCUT2D eigenvalue weighted by Crippen LogP contribution is 2.25. The third-order valence-corrected chi connectivity index (χ3v) is 4.46. The molecule has 0 saturated heterocycles. The van der Waals surface area contributed by atoms with Gasteiger partial charge < -0.3 is 10.1 Å². The van der Waals surface area contributed by atoms with Gasteiger partial charge in [-0.3, -0.25) is 4.98 Å². The van der Waals surface area contributed by atoms with Crippen molar-refractivity contribution < 1.29 is 4.74 Å². The van der Waals surface area contributed by atoms with Gasteiger partial charge >= 0.3 is 0 Å². The predicted molar refractivity (Wildman–Crippen MR) is 101 cm³/mol. The van der Waals surface area contributed by atoms with Crippen molar-refractivity contribution >= 4 is 5.82 Å². The van der Waals surface area contributed by atoms with Crippen molar-refractivity contribution in [3.63, 3.8) is 0 Å². The average molecular weight is 352 g/mol. The molecule has 3 aromatic rings. The van der Waals surface area contributed by atoms with E-state index in [1.807, 2.05) is 33.0 Å². The molecule has 0 aliphatic heterocycles. The maximum Gasteiger partial charge on any atom is 0.216 e. The number of aryl methyl sites for hydroxylation is 3. The van der Waals surface area contributed by atoms with Crippen molar-refractivity contribution in [3.8, 4) is 17.3 Å². The Balaban J connectivity index is 1.93. The first-order chi connectivity index (χ1) is 12.5. The molecule has 26 heavy (non-hydrogen) atoms. The standard InChI is InChI=1S/C19H24N6O/c1-6-16-15(19(26-5)25(4)24-16)11-21-17-12(2)13(3)22-18(23-17)14-7-9-20-10-8-14/h7-10H,6,11H2,1-5H3,(H,21,22,23). The van der Waals surface area contributed by atoms with Crippen LogP contribution in [0.3, 0.4) is 0 Å². The van der Waals surface area contributed by atoms with Crippen LogP contribution in [0.4, 0.5) is 5.82 Å². The van der Waals surface area contributed by atoms with Crippen LogP contribution in [0.2, 0.25) is 0 Å². The quantitative estimate of drug-likeness (QED) is 0.734. The molecule has 7 nitrogen and oxygen atoms in total. The maximum atomic E-state index is 5.51. The fourth-order valence-electron chi connectivity index (χ4n) is 2.93. The van der Waals surface area contributed by atoms with Crippen molar-refractivity contribution in [2.45, 2.75) is 33.7 Å². The van der Waals surface area contributed by atoms with Crippen LogP contribution in [-0.2, 0) is 20.0 Å². The molecule has 3 rings (SSSR count). The lowest BCUT2D eigenvalue weighted by atomic mass is 10.2. The first-order valence-electron chi connectivity index (χ1n) is 8.63. The van der Waals surface area contributed by atoms with E-state index in [9.17, 15) is 0 Å². The van der Waals surface area contributed by atoms with Crippen molar-refractivity contribution in [3.05, 3.63) is 47.0 Å². The average Bonchev–Trinajstić information content (AvgIpc) is 2.98. The molecular weight excluding hydrogens is 328 g/mol. The molecule has 0 atom stereocenters. The molecule has 3 aromatic heterocycles. The lowest BCUT2D eigenvalue weighted by Gasteiger charge is -2.13. The maximum absolute atomic E-state index is 5.51. The topological polar surface area (TPSA) is 77.8 Å². The fraction of sp³-hybridized carbons (Fsp3) is 0.368. The highest BCUT2D eigenvalue weighted by molar-refractivity contribution is 5.59. The lowest BCUT2D eigenvalue weighted by Crippen LogP contribution is -2.08. The van der Waals surface area contributed by atoms with Gasteiger partial charge in [-0.1, -0.05) is 6.92 Å². The lowest BCUT2D eigenvalue weighted by molar-refractivity contribution is 0.369. The summed E-state index contributed by atoms with van der Waals surface area (Å²) in [6.45, 7) is 6.70. The van der Waals surface area contributed by atoms with E-state index in [0.717, 1.165) is 46.2 Å². The van der Waals surface area contributed by atoms with Gasteiger partial charge in [0.05, 0.1) is 18.4 Å². The van der Waals surface area contributed by atoms with Gasteiger partial charge in [0.25, 0.3) is 0 Å². The van der Waals surface area contributed by atoms with Crippen LogP contribution in [-0.4, -0.2) is 31.8 Å². The van der Waals surface area contributed by atoms with Gasteiger partial charge in [-0.25, -0.2) is 14.6 Å². The summed E-state index contributed by atoms with van der Waals surface area (Å²) < 4.78 is 7.29. The van der Waals surface area contributed by atoms with E-state index in [0.29, 0.717) is 12.4 Å². The molecule has 0 bridgehead atoms. The first-order valence-corrected chi connectivity index (χ1v) is 8.63. The molecule has 0 spiro atoms. The summed E-state index contributed by atoms with van der Waals surface area (Å²) >= 11 is 0. The fourth-order valence-corrected chi connectivity index (χ4v) is 2.93. The van der Waals surface area contributed by atoms with E-state index < -0.39 is 0 Å². The second kappa shape index (κ2) is 7.51. The molecule has 3 heterocycles. The Morgan fingerprint density at radius 1 is 1.15 bits per heavy atom. The second-order valence-electron chi connectivity index (χ2n) is 6.11. The summed E-state index contributed by atoms with van der Waals surface area (Å²) in [6, 6.07) is 3.82. The third-order valence-electron chi connectivity index (χ3n) is 4.46. The minimum Gasteiger partial charge on any atom is -0.481 e. The van der Waals surface area contributed by atoms with Gasteiger partial charge in [0.1, 0.15) is 5.82 Å². The van der Waals surface area contributed by atoms with Crippen molar-refractivity contribution in [2.75, 3.05) is 12.4 Å². The highest BCUT2D eigenvalue weighted by Gasteiger charge is 2.17. The summed E-state index contributed by atoms with van der Waals surface area (Å²) in [5, 5.41) is 7.97. The number of anilines is 1. The molecule has 0 radical (unpaired) electrons. The van der Waals surface area contributed by atoms with E-state index >= 15 is 0 Å². The van der Waals surface area contributed by atoms with Gasteiger partial charge in [0, 0.05) is 42.8 Å². The number of rotatable bonds is 6. The third kappa shape index (κ3) is 3.37. The molecule has 0 fully saturated rings. The van der Waals surface area contributed by atoms with Gasteiger partial charge in [-0.15, -0.1) is 0 Å². The largest absolute Gasteiger partial charge is 0.481 e. The molecule has 0 aliphatic rings. The zero-order valence-electron chi connectivity index (χ0n) is 15.9. The Hall–Kier alpha value is -2.96. The summed E-state index contributed by atoms with van der Waals surface area (Å²) in [6.07, 6.45) is 4.34. The van der Waals surface area contributed by atoms with E-state index in [2.05, 4.69) is 27.3 Å². The van der Waals surface area contributed by atoms with Crippen LogP contribution in [0.1, 0.15) is 29.4 Å². The second-order valence-corrected chi connectivity index (χ2v) is 6.11. The predicted octanol–water partition coefficient (Wildman–Crippen LogP) is 3.07. The number of hydrogen-bond donors (Lipinski definition) is 1. The zero-order chi connectivity index (χ0) is 18.7.